The highest BCUT2D eigenvalue weighted by Gasteiger charge is 2.29. The van der Waals surface area contributed by atoms with Crippen LogP contribution in [0.25, 0.3) is 16.9 Å². The van der Waals surface area contributed by atoms with Crippen LogP contribution in [0.1, 0.15) is 76.5 Å². The van der Waals surface area contributed by atoms with Crippen LogP contribution in [0.5, 0.6) is 5.75 Å². The predicted octanol–water partition coefficient (Wildman–Crippen LogP) is 5.08. The molecule has 0 bridgehead atoms. The Morgan fingerprint density at radius 3 is 2.56 bits per heavy atom. The van der Waals surface area contributed by atoms with E-state index in [1.54, 1.807) is 48.1 Å². The average molecular weight is 725 g/mol. The Bertz CT molecular complexity index is 1720. The first-order valence-electron chi connectivity index (χ1n) is 15.1. The molecule has 1 aliphatic heterocycles. The van der Waals surface area contributed by atoms with Crippen LogP contribution >= 0.6 is 22.6 Å². The van der Waals surface area contributed by atoms with Crippen molar-refractivity contribution < 1.29 is 28.6 Å². The summed E-state index contributed by atoms with van der Waals surface area (Å²) in [5.41, 5.74) is 1.64. The Kier molecular flexibility index (Phi) is 9.54. The van der Waals surface area contributed by atoms with Crippen LogP contribution < -0.4 is 15.4 Å². The normalized spacial score (nSPS) is 16.8. The van der Waals surface area contributed by atoms with E-state index >= 15 is 0 Å². The molecule has 1 atom stereocenters. The summed E-state index contributed by atoms with van der Waals surface area (Å²) < 4.78 is 19.1. The maximum atomic E-state index is 13.7. The number of aromatic nitrogens is 4. The number of benzene rings is 2. The van der Waals surface area contributed by atoms with Crippen LogP contribution in [-0.4, -0.2) is 69.3 Å². The molecule has 2 aromatic heterocycles. The molecule has 1 saturated heterocycles. The highest BCUT2D eigenvalue weighted by Crippen LogP contribution is 2.32. The molecule has 234 valence electrons. The number of ether oxygens (including phenoxy) is 3. The minimum atomic E-state index is -0.656. The van der Waals surface area contributed by atoms with Crippen molar-refractivity contribution in [3.8, 4) is 11.4 Å². The van der Waals surface area contributed by atoms with Gasteiger partial charge in [-0.3, -0.25) is 9.36 Å². The van der Waals surface area contributed by atoms with Gasteiger partial charge in [0, 0.05) is 47.7 Å². The van der Waals surface area contributed by atoms with E-state index in [4.69, 9.17) is 14.2 Å². The van der Waals surface area contributed by atoms with Gasteiger partial charge in [0.2, 0.25) is 0 Å². The van der Waals surface area contributed by atoms with Crippen LogP contribution in [0, 0.1) is 3.83 Å². The first-order valence-corrected chi connectivity index (χ1v) is 16.2. The number of halogens is 1. The summed E-state index contributed by atoms with van der Waals surface area (Å²) in [5.74, 6) is -1.24. The molecule has 12 nitrogen and oxygen atoms in total. The van der Waals surface area contributed by atoms with E-state index in [0.29, 0.717) is 45.9 Å². The lowest BCUT2D eigenvalue weighted by Crippen LogP contribution is -2.26. The molecular weight excluding hydrogens is 691 g/mol. The number of nitrogens with one attached hydrogen (secondary N) is 2. The van der Waals surface area contributed by atoms with Gasteiger partial charge >= 0.3 is 11.9 Å². The zero-order chi connectivity index (χ0) is 31.3. The van der Waals surface area contributed by atoms with Gasteiger partial charge in [-0.05, 0) is 38.0 Å². The largest absolute Gasteiger partial charge is 0.456 e. The Hall–Kier alpha value is -4.11. The highest BCUT2D eigenvalue weighted by atomic mass is 127. The zero-order valence-corrected chi connectivity index (χ0v) is 26.9. The van der Waals surface area contributed by atoms with E-state index in [1.165, 1.54) is 18.6 Å². The smallest absolute Gasteiger partial charge is 0.343 e. The third-order valence-electron chi connectivity index (χ3n) is 7.85. The summed E-state index contributed by atoms with van der Waals surface area (Å²) in [5, 5.41) is 6.29. The summed E-state index contributed by atoms with van der Waals surface area (Å²) in [6, 6.07) is 11.6. The molecule has 1 amide bonds. The average Bonchev–Trinajstić information content (AvgIpc) is 3.72. The van der Waals surface area contributed by atoms with Crippen molar-refractivity contribution in [3.05, 3.63) is 69.3 Å². The molecule has 6 rings (SSSR count). The lowest BCUT2D eigenvalue weighted by Gasteiger charge is -2.23. The van der Waals surface area contributed by atoms with Crippen molar-refractivity contribution in [1.82, 2.24) is 24.8 Å². The number of fused-ring (bicyclic) bond motifs is 1. The Morgan fingerprint density at radius 1 is 1.02 bits per heavy atom. The second-order valence-electron chi connectivity index (χ2n) is 11.0. The van der Waals surface area contributed by atoms with Gasteiger partial charge in [-0.25, -0.2) is 24.5 Å². The zero-order valence-electron chi connectivity index (χ0n) is 24.8. The van der Waals surface area contributed by atoms with Crippen LogP contribution in [0.4, 0.5) is 5.82 Å². The lowest BCUT2D eigenvalue weighted by atomic mass is 9.95. The maximum absolute atomic E-state index is 13.7. The minimum absolute atomic E-state index is 0.00721. The molecular formula is C32H33IN6O6. The molecule has 2 N–H and O–H groups in total. The van der Waals surface area contributed by atoms with E-state index < -0.39 is 23.9 Å². The van der Waals surface area contributed by atoms with E-state index in [1.807, 2.05) is 0 Å². The number of carbonyl (C=O) groups is 3. The summed E-state index contributed by atoms with van der Waals surface area (Å²) in [6.07, 6.45) is 7.28. The van der Waals surface area contributed by atoms with E-state index in [2.05, 4.69) is 48.2 Å². The molecule has 2 aromatic carbocycles. The number of carbonyl (C=O) groups excluding carboxylic acids is 3. The van der Waals surface area contributed by atoms with Gasteiger partial charge in [-0.2, -0.15) is 0 Å². The summed E-state index contributed by atoms with van der Waals surface area (Å²) in [6.45, 7) is 2.87. The summed E-state index contributed by atoms with van der Waals surface area (Å²) in [4.78, 5) is 54.1. The highest BCUT2D eigenvalue weighted by molar-refractivity contribution is 14.1. The fourth-order valence-corrected chi connectivity index (χ4v) is 6.06. The summed E-state index contributed by atoms with van der Waals surface area (Å²) in [7, 11) is 0. The number of anilines is 1. The predicted molar refractivity (Wildman–Crippen MR) is 174 cm³/mol. The SMILES string of the molecule is CCNC(=O)c1cc(C(=O)OC2CCOC2)c(-n2cnc3c(NC4CCCCC4)nc(I)nc32)cc1OC(=O)c1ccccc1. The third-order valence-corrected chi connectivity index (χ3v) is 8.33. The topological polar surface area (TPSA) is 147 Å². The maximum Gasteiger partial charge on any atom is 0.343 e. The van der Waals surface area contributed by atoms with Crippen LogP contribution in [0.2, 0.25) is 0 Å². The quantitative estimate of drug-likeness (QED) is 0.104. The first-order chi connectivity index (χ1) is 21.9. The molecule has 3 heterocycles. The molecule has 2 fully saturated rings. The second kappa shape index (κ2) is 13.9. The molecule has 4 aromatic rings. The number of hydrogen-bond donors (Lipinski definition) is 2. The van der Waals surface area contributed by atoms with Crippen molar-refractivity contribution in [2.75, 3.05) is 25.1 Å². The molecule has 1 saturated carbocycles. The van der Waals surface area contributed by atoms with Gasteiger partial charge in [0.25, 0.3) is 5.91 Å². The van der Waals surface area contributed by atoms with Crippen molar-refractivity contribution in [1.29, 1.82) is 0 Å². The third kappa shape index (κ3) is 6.93. The minimum Gasteiger partial charge on any atom is -0.456 e. The fourth-order valence-electron chi connectivity index (χ4n) is 5.59. The first kappa shape index (κ1) is 30.9. The van der Waals surface area contributed by atoms with Crippen LogP contribution in [-0.2, 0) is 9.47 Å². The molecule has 13 heteroatoms. The lowest BCUT2D eigenvalue weighted by molar-refractivity contribution is 0.0270. The standard InChI is InChI=1S/C32H33IN6O6/c1-2-34-29(40)23-15-22(31(42)44-21-13-14-43-17-21)24(16-25(23)45-30(41)19-9-5-3-6-10-19)39-18-35-26-27(37-32(33)38-28(26)39)36-20-11-7-4-8-12-20/h3,5-6,9-10,15-16,18,20-21H,2,4,7-8,11-14,17H2,1H3,(H,34,40)(H,36,37,38). The van der Waals surface area contributed by atoms with Gasteiger partial charge in [-0.15, -0.1) is 0 Å². The van der Waals surface area contributed by atoms with E-state index in [-0.39, 0.29) is 35.2 Å². The van der Waals surface area contributed by atoms with Crippen molar-refractivity contribution >= 4 is 57.4 Å². The Labute approximate surface area is 273 Å². The van der Waals surface area contributed by atoms with Crippen LogP contribution in [0.15, 0.2) is 48.8 Å². The van der Waals surface area contributed by atoms with Gasteiger partial charge in [0.15, 0.2) is 20.8 Å². The second-order valence-corrected chi connectivity index (χ2v) is 11.9. The number of nitrogens with zero attached hydrogens (tertiary/aromatic N) is 4. The van der Waals surface area contributed by atoms with E-state index in [0.717, 1.165) is 25.7 Å². The molecule has 45 heavy (non-hydrogen) atoms. The monoisotopic (exact) mass is 724 g/mol. The Morgan fingerprint density at radius 2 is 1.82 bits per heavy atom. The molecule has 1 aliphatic carbocycles. The molecule has 1 unspecified atom stereocenters. The van der Waals surface area contributed by atoms with Crippen molar-refractivity contribution in [2.24, 2.45) is 0 Å². The van der Waals surface area contributed by atoms with Crippen molar-refractivity contribution in [2.45, 2.75) is 57.6 Å². The number of rotatable bonds is 9. The summed E-state index contributed by atoms with van der Waals surface area (Å²) >= 11 is 2.06. The van der Waals surface area contributed by atoms with E-state index in [9.17, 15) is 14.4 Å². The van der Waals surface area contributed by atoms with Crippen LogP contribution in [0.3, 0.4) is 0 Å². The van der Waals surface area contributed by atoms with Gasteiger partial charge < -0.3 is 24.8 Å². The van der Waals surface area contributed by atoms with Gasteiger partial charge in [-0.1, -0.05) is 37.5 Å². The van der Waals surface area contributed by atoms with Gasteiger partial charge in [0.05, 0.1) is 35.6 Å². The number of amides is 1. The molecule has 0 spiro atoms. The van der Waals surface area contributed by atoms with Gasteiger partial charge in [0.1, 0.15) is 18.2 Å². The number of imidazole rings is 1. The molecule has 0 radical (unpaired) electrons. The van der Waals surface area contributed by atoms with Crippen molar-refractivity contribution in [3.63, 3.8) is 0 Å². The molecule has 2 aliphatic rings. The fraction of sp³-hybridized carbons (Fsp3) is 0.375. The number of esters is 2. The number of hydrogen-bond acceptors (Lipinski definition) is 10. The Balaban J connectivity index is 1.48.